The number of nitro benzene ring substituents is 1. The highest BCUT2D eigenvalue weighted by Gasteiger charge is 2.39. The monoisotopic (exact) mass is 423 g/mol. The minimum absolute atomic E-state index is 0.0490. The first-order valence-electron chi connectivity index (χ1n) is 10.4. The summed E-state index contributed by atoms with van der Waals surface area (Å²) in [6.45, 7) is 1.49. The number of hydrogen-bond donors (Lipinski definition) is 0. The number of nitro groups is 1. The molecule has 0 spiro atoms. The summed E-state index contributed by atoms with van der Waals surface area (Å²) in [5.74, 6) is -0.677. The van der Waals surface area contributed by atoms with Crippen LogP contribution in [0.25, 0.3) is 0 Å². The number of rotatable bonds is 4. The molecule has 2 heterocycles. The van der Waals surface area contributed by atoms with Crippen LogP contribution in [0.4, 0.5) is 11.4 Å². The van der Waals surface area contributed by atoms with E-state index in [4.69, 9.17) is 4.74 Å². The molecule has 0 radical (unpaired) electrons. The van der Waals surface area contributed by atoms with Gasteiger partial charge in [-0.05, 0) is 30.0 Å². The number of piperidine rings is 1. The quantitative estimate of drug-likeness (QED) is 0.426. The van der Waals surface area contributed by atoms with Crippen LogP contribution in [0.2, 0.25) is 0 Å². The lowest BCUT2D eigenvalue weighted by atomic mass is 9.89. The molecule has 4 rings (SSSR count). The van der Waals surface area contributed by atoms with Gasteiger partial charge in [-0.3, -0.25) is 14.9 Å². The summed E-state index contributed by atoms with van der Waals surface area (Å²) in [6.07, 6.45) is 1.61. The highest BCUT2D eigenvalue weighted by Crippen LogP contribution is 2.33. The maximum atomic E-state index is 13.4. The first-order valence-corrected chi connectivity index (χ1v) is 10.4. The molecule has 8 heteroatoms. The van der Waals surface area contributed by atoms with Gasteiger partial charge in [-0.15, -0.1) is 0 Å². The van der Waals surface area contributed by atoms with E-state index in [1.807, 2.05) is 29.2 Å². The molecule has 31 heavy (non-hydrogen) atoms. The third-order valence-electron chi connectivity index (χ3n) is 6.27. The number of carbonyl (C=O) groups excluding carboxylic acids is 2. The summed E-state index contributed by atoms with van der Waals surface area (Å²) in [6, 6.07) is 13.9. The van der Waals surface area contributed by atoms with E-state index in [0.29, 0.717) is 44.6 Å². The predicted octanol–water partition coefficient (Wildman–Crippen LogP) is 2.94. The van der Waals surface area contributed by atoms with E-state index in [1.165, 1.54) is 13.2 Å². The summed E-state index contributed by atoms with van der Waals surface area (Å²) >= 11 is 0. The van der Waals surface area contributed by atoms with Crippen LogP contribution < -0.4 is 4.90 Å². The molecule has 0 aliphatic carbocycles. The van der Waals surface area contributed by atoms with E-state index in [0.717, 1.165) is 11.1 Å². The van der Waals surface area contributed by atoms with Crippen LogP contribution in [0.3, 0.4) is 0 Å². The van der Waals surface area contributed by atoms with Gasteiger partial charge in [-0.1, -0.05) is 36.4 Å². The van der Waals surface area contributed by atoms with Crippen molar-refractivity contribution in [1.82, 2.24) is 4.90 Å². The minimum Gasteiger partial charge on any atom is -0.467 e. The number of carbonyl (C=O) groups is 2. The summed E-state index contributed by atoms with van der Waals surface area (Å²) in [7, 11) is 1.34. The molecule has 1 amide bonds. The fourth-order valence-electron chi connectivity index (χ4n) is 4.59. The van der Waals surface area contributed by atoms with Gasteiger partial charge in [0.15, 0.2) is 0 Å². The predicted molar refractivity (Wildman–Crippen MR) is 115 cm³/mol. The molecular formula is C23H25N3O5. The van der Waals surface area contributed by atoms with Crippen molar-refractivity contribution in [1.29, 1.82) is 0 Å². The van der Waals surface area contributed by atoms with Crippen molar-refractivity contribution in [2.75, 3.05) is 25.1 Å². The third kappa shape index (κ3) is 4.10. The van der Waals surface area contributed by atoms with Crippen LogP contribution in [-0.2, 0) is 27.3 Å². The molecule has 2 aliphatic heterocycles. The van der Waals surface area contributed by atoms with E-state index in [9.17, 15) is 19.7 Å². The van der Waals surface area contributed by atoms with Gasteiger partial charge in [0.2, 0.25) is 5.91 Å². The Morgan fingerprint density at radius 2 is 1.68 bits per heavy atom. The molecule has 1 atom stereocenters. The number of amides is 1. The Bertz CT molecular complexity index is 1000. The lowest BCUT2D eigenvalue weighted by molar-refractivity contribution is -0.384. The summed E-state index contributed by atoms with van der Waals surface area (Å²) < 4.78 is 4.98. The van der Waals surface area contributed by atoms with Gasteiger partial charge in [0.25, 0.3) is 5.69 Å². The normalized spacial score (nSPS) is 18.9. The Balaban J connectivity index is 1.49. The Hall–Kier alpha value is -3.42. The first kappa shape index (κ1) is 20.8. The summed E-state index contributed by atoms with van der Waals surface area (Å²) in [5, 5.41) is 11.3. The minimum atomic E-state index is -0.624. The molecule has 2 aromatic rings. The number of fused-ring (bicyclic) bond motifs is 1. The summed E-state index contributed by atoms with van der Waals surface area (Å²) in [5.41, 5.74) is 2.77. The zero-order chi connectivity index (χ0) is 22.0. The Kier molecular flexibility index (Phi) is 5.88. The van der Waals surface area contributed by atoms with E-state index in [-0.39, 0.29) is 22.4 Å². The van der Waals surface area contributed by atoms with Crippen LogP contribution >= 0.6 is 0 Å². The lowest BCUT2D eigenvalue weighted by Crippen LogP contribution is -2.52. The molecule has 0 N–H and O–H groups in total. The van der Waals surface area contributed by atoms with E-state index in [1.54, 1.807) is 23.1 Å². The summed E-state index contributed by atoms with van der Waals surface area (Å²) in [4.78, 5) is 40.4. The van der Waals surface area contributed by atoms with E-state index in [2.05, 4.69) is 0 Å². The number of methoxy groups -OCH3 is 1. The molecule has 0 saturated carbocycles. The third-order valence-corrected chi connectivity index (χ3v) is 6.27. The van der Waals surface area contributed by atoms with Gasteiger partial charge < -0.3 is 14.5 Å². The van der Waals surface area contributed by atoms with Crippen molar-refractivity contribution in [3.8, 4) is 0 Å². The van der Waals surface area contributed by atoms with Crippen molar-refractivity contribution in [2.45, 2.75) is 31.8 Å². The Labute approximate surface area is 180 Å². The lowest BCUT2D eigenvalue weighted by Gasteiger charge is -2.39. The van der Waals surface area contributed by atoms with Crippen LogP contribution in [0.15, 0.2) is 48.5 Å². The number of esters is 1. The van der Waals surface area contributed by atoms with Gasteiger partial charge in [0, 0.05) is 38.0 Å². The highest BCUT2D eigenvalue weighted by atomic mass is 16.6. The number of hydrogen-bond acceptors (Lipinski definition) is 6. The van der Waals surface area contributed by atoms with Gasteiger partial charge in [-0.2, -0.15) is 0 Å². The SMILES string of the molecule is COC(=O)C1Cc2ccccc2CN1C(=O)C1CCN(c2ccccc2[N+](=O)[O-])CC1. The first-order chi connectivity index (χ1) is 15.0. The largest absolute Gasteiger partial charge is 0.467 e. The molecule has 162 valence electrons. The molecule has 0 bridgehead atoms. The molecule has 1 unspecified atom stereocenters. The van der Waals surface area contributed by atoms with Crippen LogP contribution in [0.1, 0.15) is 24.0 Å². The number of benzene rings is 2. The molecule has 0 aromatic heterocycles. The topological polar surface area (TPSA) is 93.0 Å². The standard InChI is InChI=1S/C23H25N3O5/c1-31-23(28)21-14-17-6-2-3-7-18(17)15-25(21)22(27)16-10-12-24(13-11-16)19-8-4-5-9-20(19)26(29)30/h2-9,16,21H,10-15H2,1H3. The van der Waals surface area contributed by atoms with Crippen LogP contribution in [-0.4, -0.2) is 47.9 Å². The molecule has 1 saturated heterocycles. The Morgan fingerprint density at radius 3 is 2.35 bits per heavy atom. The van der Waals surface area contributed by atoms with Crippen LogP contribution in [0, 0.1) is 16.0 Å². The van der Waals surface area contributed by atoms with E-state index >= 15 is 0 Å². The Morgan fingerprint density at radius 1 is 1.03 bits per heavy atom. The molecule has 1 fully saturated rings. The van der Waals surface area contributed by atoms with Gasteiger partial charge in [0.05, 0.1) is 12.0 Å². The number of anilines is 1. The second-order valence-corrected chi connectivity index (χ2v) is 7.99. The average molecular weight is 423 g/mol. The average Bonchev–Trinajstić information content (AvgIpc) is 2.82. The second kappa shape index (κ2) is 8.75. The van der Waals surface area contributed by atoms with Crippen molar-refractivity contribution in [3.05, 3.63) is 69.8 Å². The fraction of sp³-hybridized carbons (Fsp3) is 0.391. The number of para-hydroxylation sites is 2. The number of nitrogens with zero attached hydrogens (tertiary/aromatic N) is 3. The van der Waals surface area contributed by atoms with Gasteiger partial charge in [-0.25, -0.2) is 4.79 Å². The van der Waals surface area contributed by atoms with Crippen molar-refractivity contribution in [3.63, 3.8) is 0 Å². The molecule has 2 aromatic carbocycles. The van der Waals surface area contributed by atoms with E-state index < -0.39 is 12.0 Å². The van der Waals surface area contributed by atoms with Crippen molar-refractivity contribution in [2.24, 2.45) is 5.92 Å². The zero-order valence-electron chi connectivity index (χ0n) is 17.4. The van der Waals surface area contributed by atoms with Crippen molar-refractivity contribution < 1.29 is 19.2 Å². The number of ether oxygens (including phenoxy) is 1. The molecular weight excluding hydrogens is 398 g/mol. The fourth-order valence-corrected chi connectivity index (χ4v) is 4.59. The van der Waals surface area contributed by atoms with Crippen molar-refractivity contribution >= 4 is 23.3 Å². The second-order valence-electron chi connectivity index (χ2n) is 7.99. The van der Waals surface area contributed by atoms with Gasteiger partial charge in [0.1, 0.15) is 11.7 Å². The smallest absolute Gasteiger partial charge is 0.328 e. The van der Waals surface area contributed by atoms with Gasteiger partial charge >= 0.3 is 5.97 Å². The molecule has 2 aliphatic rings. The maximum absolute atomic E-state index is 13.4. The maximum Gasteiger partial charge on any atom is 0.328 e. The van der Waals surface area contributed by atoms with Crippen LogP contribution in [0.5, 0.6) is 0 Å². The highest BCUT2D eigenvalue weighted by molar-refractivity contribution is 5.87. The zero-order valence-corrected chi connectivity index (χ0v) is 17.4. The molecule has 8 nitrogen and oxygen atoms in total.